The van der Waals surface area contributed by atoms with E-state index < -0.39 is 10.0 Å². The normalized spacial score (nSPS) is 21.9. The highest BCUT2D eigenvalue weighted by molar-refractivity contribution is 7.89. The Bertz CT molecular complexity index is 614. The van der Waals surface area contributed by atoms with E-state index in [4.69, 9.17) is 9.47 Å². The van der Waals surface area contributed by atoms with Crippen LogP contribution >= 0.6 is 0 Å². The summed E-state index contributed by atoms with van der Waals surface area (Å²) in [6, 6.07) is 4.79. The van der Waals surface area contributed by atoms with Crippen LogP contribution in [0.5, 0.6) is 11.5 Å². The number of hydrogen-bond acceptors (Lipinski definition) is 4. The van der Waals surface area contributed by atoms with Crippen molar-refractivity contribution in [3.63, 3.8) is 0 Å². The van der Waals surface area contributed by atoms with Gasteiger partial charge in [0.25, 0.3) is 0 Å². The summed E-state index contributed by atoms with van der Waals surface area (Å²) in [5, 5.41) is 0. The molecule has 0 atom stereocenters. The maximum atomic E-state index is 12.6. The van der Waals surface area contributed by atoms with Gasteiger partial charge in [-0.05, 0) is 30.4 Å². The van der Waals surface area contributed by atoms with Crippen LogP contribution in [0.4, 0.5) is 0 Å². The number of nitrogens with zero attached hydrogens (tertiary/aromatic N) is 1. The Kier molecular flexibility index (Phi) is 3.17. The number of benzene rings is 1. The number of piperidine rings is 1. The maximum absolute atomic E-state index is 12.6. The first-order valence-corrected chi connectivity index (χ1v) is 8.22. The smallest absolute Gasteiger partial charge is 0.243 e. The highest BCUT2D eigenvalue weighted by Crippen LogP contribution is 2.36. The lowest BCUT2D eigenvalue weighted by Gasteiger charge is -2.36. The maximum Gasteiger partial charge on any atom is 0.243 e. The second kappa shape index (κ2) is 4.63. The lowest BCUT2D eigenvalue weighted by molar-refractivity contribution is 0.174. The van der Waals surface area contributed by atoms with E-state index in [0.717, 1.165) is 12.8 Å². The molecule has 0 aliphatic carbocycles. The Morgan fingerprint density at radius 2 is 1.75 bits per heavy atom. The van der Waals surface area contributed by atoms with Gasteiger partial charge in [-0.25, -0.2) is 8.42 Å². The Morgan fingerprint density at radius 1 is 1.10 bits per heavy atom. The lowest BCUT2D eigenvalue weighted by atomic mass is 9.83. The Hall–Kier alpha value is -1.27. The van der Waals surface area contributed by atoms with Crippen molar-refractivity contribution in [3.8, 4) is 11.5 Å². The van der Waals surface area contributed by atoms with Crippen molar-refractivity contribution in [1.29, 1.82) is 0 Å². The van der Waals surface area contributed by atoms with E-state index in [1.807, 2.05) is 0 Å². The van der Waals surface area contributed by atoms with Crippen LogP contribution in [0.1, 0.15) is 26.7 Å². The molecule has 3 rings (SSSR count). The zero-order chi connectivity index (χ0) is 14.4. The van der Waals surface area contributed by atoms with Gasteiger partial charge in [0.2, 0.25) is 16.8 Å². The molecule has 1 aromatic carbocycles. The van der Waals surface area contributed by atoms with Gasteiger partial charge in [0.05, 0.1) is 4.90 Å². The zero-order valence-electron chi connectivity index (χ0n) is 11.8. The fourth-order valence-corrected chi connectivity index (χ4v) is 3.98. The van der Waals surface area contributed by atoms with E-state index in [0.29, 0.717) is 24.6 Å². The predicted octanol–water partition coefficient (Wildman–Crippen LogP) is 2.23. The highest BCUT2D eigenvalue weighted by Gasteiger charge is 2.33. The highest BCUT2D eigenvalue weighted by atomic mass is 32.2. The lowest BCUT2D eigenvalue weighted by Crippen LogP contribution is -2.41. The summed E-state index contributed by atoms with van der Waals surface area (Å²) in [7, 11) is -3.44. The molecule has 1 fully saturated rings. The molecule has 20 heavy (non-hydrogen) atoms. The van der Waals surface area contributed by atoms with Gasteiger partial charge in [-0.15, -0.1) is 0 Å². The molecule has 0 saturated carbocycles. The van der Waals surface area contributed by atoms with Crippen molar-refractivity contribution in [1.82, 2.24) is 4.31 Å². The fraction of sp³-hybridized carbons (Fsp3) is 0.571. The summed E-state index contributed by atoms with van der Waals surface area (Å²) in [6.07, 6.45) is 1.77. The number of hydrogen-bond donors (Lipinski definition) is 0. The van der Waals surface area contributed by atoms with Gasteiger partial charge in [-0.3, -0.25) is 0 Å². The van der Waals surface area contributed by atoms with E-state index >= 15 is 0 Å². The largest absolute Gasteiger partial charge is 0.454 e. The molecule has 0 spiro atoms. The van der Waals surface area contributed by atoms with Gasteiger partial charge in [-0.1, -0.05) is 13.8 Å². The molecule has 0 bridgehead atoms. The number of rotatable bonds is 2. The molecule has 1 aromatic rings. The third kappa shape index (κ3) is 2.38. The number of fused-ring (bicyclic) bond motifs is 1. The van der Waals surface area contributed by atoms with Crippen LogP contribution < -0.4 is 9.47 Å². The van der Waals surface area contributed by atoms with Crippen LogP contribution in [-0.4, -0.2) is 32.6 Å². The Labute approximate surface area is 119 Å². The van der Waals surface area contributed by atoms with Crippen molar-refractivity contribution in [2.24, 2.45) is 5.41 Å². The first-order valence-electron chi connectivity index (χ1n) is 6.78. The molecule has 0 amide bonds. The minimum atomic E-state index is -3.44. The SMILES string of the molecule is CC1(C)CCN(S(=O)(=O)c2ccc3c(c2)OCO3)CC1. The number of sulfonamides is 1. The average Bonchev–Trinajstić information content (AvgIpc) is 2.85. The van der Waals surface area contributed by atoms with Gasteiger partial charge >= 0.3 is 0 Å². The van der Waals surface area contributed by atoms with E-state index in [-0.39, 0.29) is 17.1 Å². The molecule has 0 N–H and O–H groups in total. The van der Waals surface area contributed by atoms with E-state index in [9.17, 15) is 8.42 Å². The van der Waals surface area contributed by atoms with Gasteiger partial charge in [0.15, 0.2) is 11.5 Å². The summed E-state index contributed by atoms with van der Waals surface area (Å²) in [5.74, 6) is 1.10. The van der Waals surface area contributed by atoms with E-state index in [2.05, 4.69) is 13.8 Å². The van der Waals surface area contributed by atoms with Crippen molar-refractivity contribution in [2.45, 2.75) is 31.6 Å². The minimum Gasteiger partial charge on any atom is -0.454 e. The molecule has 0 radical (unpaired) electrons. The molecule has 2 heterocycles. The standard InChI is InChI=1S/C14H19NO4S/c1-14(2)5-7-15(8-6-14)20(16,17)11-3-4-12-13(9-11)19-10-18-12/h3-4,9H,5-8,10H2,1-2H3. The molecule has 2 aliphatic rings. The Balaban J connectivity index is 1.85. The van der Waals surface area contributed by atoms with Gasteiger partial charge in [-0.2, -0.15) is 4.31 Å². The van der Waals surface area contributed by atoms with Gasteiger partial charge < -0.3 is 9.47 Å². The quantitative estimate of drug-likeness (QED) is 0.840. The third-order valence-electron chi connectivity index (χ3n) is 4.06. The fourth-order valence-electron chi connectivity index (χ4n) is 2.52. The van der Waals surface area contributed by atoms with E-state index in [1.54, 1.807) is 22.5 Å². The van der Waals surface area contributed by atoms with Gasteiger partial charge in [0, 0.05) is 19.2 Å². The average molecular weight is 297 g/mol. The topological polar surface area (TPSA) is 55.8 Å². The summed E-state index contributed by atoms with van der Waals surface area (Å²) < 4.78 is 37.3. The minimum absolute atomic E-state index is 0.150. The van der Waals surface area contributed by atoms with Crippen molar-refractivity contribution in [2.75, 3.05) is 19.9 Å². The third-order valence-corrected chi connectivity index (χ3v) is 5.95. The Morgan fingerprint density at radius 3 is 2.45 bits per heavy atom. The second-order valence-electron chi connectivity index (χ2n) is 6.08. The van der Waals surface area contributed by atoms with Crippen LogP contribution in [0.3, 0.4) is 0 Å². The van der Waals surface area contributed by atoms with Crippen LogP contribution in [-0.2, 0) is 10.0 Å². The van der Waals surface area contributed by atoms with Crippen molar-refractivity contribution >= 4 is 10.0 Å². The molecular formula is C14H19NO4S. The number of ether oxygens (including phenoxy) is 2. The second-order valence-corrected chi connectivity index (χ2v) is 8.02. The van der Waals surface area contributed by atoms with Gasteiger partial charge in [0.1, 0.15) is 0 Å². The molecule has 0 unspecified atom stereocenters. The van der Waals surface area contributed by atoms with Crippen molar-refractivity contribution < 1.29 is 17.9 Å². The molecule has 5 nitrogen and oxygen atoms in total. The summed E-state index contributed by atoms with van der Waals surface area (Å²) in [6.45, 7) is 5.65. The van der Waals surface area contributed by atoms with Crippen molar-refractivity contribution in [3.05, 3.63) is 18.2 Å². The molecular weight excluding hydrogens is 278 g/mol. The molecule has 0 aromatic heterocycles. The van der Waals surface area contributed by atoms with E-state index in [1.165, 1.54) is 0 Å². The monoisotopic (exact) mass is 297 g/mol. The molecule has 2 aliphatic heterocycles. The van der Waals surface area contributed by atoms with Crippen LogP contribution in [0, 0.1) is 5.41 Å². The van der Waals surface area contributed by atoms with Crippen LogP contribution in [0.2, 0.25) is 0 Å². The summed E-state index contributed by atoms with van der Waals surface area (Å²) in [5.41, 5.74) is 0.223. The molecule has 1 saturated heterocycles. The first-order chi connectivity index (χ1) is 9.38. The predicted molar refractivity (Wildman–Crippen MR) is 74.3 cm³/mol. The summed E-state index contributed by atoms with van der Waals surface area (Å²) in [4.78, 5) is 0.279. The van der Waals surface area contributed by atoms with Crippen LogP contribution in [0.25, 0.3) is 0 Å². The first kappa shape index (κ1) is 13.7. The summed E-state index contributed by atoms with van der Waals surface area (Å²) >= 11 is 0. The van der Waals surface area contributed by atoms with Crippen LogP contribution in [0.15, 0.2) is 23.1 Å². The molecule has 6 heteroatoms. The zero-order valence-corrected chi connectivity index (χ0v) is 12.6. The molecule has 110 valence electrons.